The summed E-state index contributed by atoms with van der Waals surface area (Å²) >= 11 is 3.45. The molecule has 0 bridgehead atoms. The zero-order valence-corrected chi connectivity index (χ0v) is 20.6. The molecule has 1 aliphatic carbocycles. The highest BCUT2D eigenvalue weighted by molar-refractivity contribution is 9.10. The van der Waals surface area contributed by atoms with Crippen molar-refractivity contribution in [1.29, 1.82) is 0 Å². The molecule has 0 radical (unpaired) electrons. The van der Waals surface area contributed by atoms with Gasteiger partial charge in [0.1, 0.15) is 5.75 Å². The van der Waals surface area contributed by atoms with E-state index in [9.17, 15) is 20.1 Å². The molecule has 2 heterocycles. The number of methoxy groups -OCH3 is 2. The minimum absolute atomic E-state index is 0.0303. The van der Waals surface area contributed by atoms with Crippen LogP contribution in [0.2, 0.25) is 0 Å². The largest absolute Gasteiger partial charge is 0.481 e. The first-order valence-corrected chi connectivity index (χ1v) is 11.8. The molecule has 2 aromatic carbocycles. The monoisotopic (exact) mass is 541 g/mol. The summed E-state index contributed by atoms with van der Waals surface area (Å²) in [4.78, 5) is 16.3. The van der Waals surface area contributed by atoms with E-state index in [0.29, 0.717) is 5.56 Å². The Bertz CT molecular complexity index is 1270. The number of carboxylic acid groups (broad SMARTS) is 1. The van der Waals surface area contributed by atoms with Crippen molar-refractivity contribution in [3.05, 3.63) is 81.8 Å². The molecule has 1 aromatic heterocycles. The Morgan fingerprint density at radius 1 is 1.11 bits per heavy atom. The highest BCUT2D eigenvalue weighted by Gasteiger charge is 2.77. The third-order valence-corrected chi connectivity index (χ3v) is 7.62. The number of hydrogen-bond acceptors (Lipinski definition) is 7. The van der Waals surface area contributed by atoms with Crippen molar-refractivity contribution in [3.8, 4) is 17.5 Å². The fraction of sp³-hybridized carbons (Fsp3) is 0.308. The van der Waals surface area contributed by atoms with E-state index < -0.39 is 35.1 Å². The van der Waals surface area contributed by atoms with Crippen molar-refractivity contribution >= 4 is 21.9 Å². The first-order chi connectivity index (χ1) is 16.8. The van der Waals surface area contributed by atoms with Crippen LogP contribution in [0.4, 0.5) is 0 Å². The lowest BCUT2D eigenvalue weighted by Crippen LogP contribution is -2.52. The predicted octanol–water partition coefficient (Wildman–Crippen LogP) is 3.59. The molecular weight excluding hydrogens is 518 g/mol. The Balaban J connectivity index is 1.87. The number of carboxylic acids is 1. The van der Waals surface area contributed by atoms with Gasteiger partial charge in [0.15, 0.2) is 11.2 Å². The molecule has 9 heteroatoms. The average Bonchev–Trinajstić information content (AvgIpc) is 3.22. The van der Waals surface area contributed by atoms with Gasteiger partial charge in [-0.15, -0.1) is 0 Å². The summed E-state index contributed by atoms with van der Waals surface area (Å²) in [6.45, 7) is 0. The smallest absolute Gasteiger partial charge is 0.303 e. The minimum Gasteiger partial charge on any atom is -0.481 e. The summed E-state index contributed by atoms with van der Waals surface area (Å²) < 4.78 is 18.3. The highest BCUT2D eigenvalue weighted by Crippen LogP contribution is 2.70. The van der Waals surface area contributed by atoms with Crippen molar-refractivity contribution in [3.63, 3.8) is 0 Å². The van der Waals surface area contributed by atoms with Gasteiger partial charge in [0.25, 0.3) is 0 Å². The first-order valence-electron chi connectivity index (χ1n) is 11.0. The Morgan fingerprint density at radius 2 is 1.80 bits per heavy atom. The number of fused-ring (bicyclic) bond motifs is 3. The Hall–Kier alpha value is -3.14. The number of nitrogens with zero attached hydrogens (tertiary/aromatic N) is 1. The Labute approximate surface area is 210 Å². The number of rotatable bonds is 6. The van der Waals surface area contributed by atoms with Crippen LogP contribution in [0.15, 0.2) is 65.1 Å². The molecule has 0 unspecified atom stereocenters. The number of benzene rings is 2. The lowest BCUT2D eigenvalue weighted by molar-refractivity contribution is -0.154. The molecule has 182 valence electrons. The number of carbonyl (C=O) groups is 1. The molecule has 1 saturated carbocycles. The maximum atomic E-state index is 12.6. The van der Waals surface area contributed by atoms with E-state index in [1.807, 2.05) is 42.5 Å². The summed E-state index contributed by atoms with van der Waals surface area (Å²) in [5.74, 6) is -2.23. The number of pyridine rings is 1. The van der Waals surface area contributed by atoms with Crippen molar-refractivity contribution in [1.82, 2.24) is 4.98 Å². The molecule has 1 aliphatic heterocycles. The van der Waals surface area contributed by atoms with E-state index >= 15 is 0 Å². The van der Waals surface area contributed by atoms with E-state index in [-0.39, 0.29) is 29.5 Å². The van der Waals surface area contributed by atoms with Crippen LogP contribution in [0.3, 0.4) is 0 Å². The maximum absolute atomic E-state index is 12.6. The zero-order chi connectivity index (χ0) is 25.0. The molecule has 5 rings (SSSR count). The number of aliphatic hydroxyl groups excluding tert-OH is 1. The second kappa shape index (κ2) is 8.51. The van der Waals surface area contributed by atoms with E-state index in [1.54, 1.807) is 12.1 Å². The summed E-state index contributed by atoms with van der Waals surface area (Å²) in [6.07, 6.45) is -1.90. The normalized spacial score (nSPS) is 28.7. The molecule has 3 N–H and O–H groups in total. The summed E-state index contributed by atoms with van der Waals surface area (Å²) in [7, 11) is 2.85. The van der Waals surface area contributed by atoms with Crippen molar-refractivity contribution in [2.24, 2.45) is 5.92 Å². The summed E-state index contributed by atoms with van der Waals surface area (Å²) in [6, 6.07) is 18.0. The number of halogens is 1. The van der Waals surface area contributed by atoms with Crippen LogP contribution in [0.5, 0.6) is 17.5 Å². The van der Waals surface area contributed by atoms with Crippen LogP contribution in [-0.4, -0.2) is 46.6 Å². The van der Waals surface area contributed by atoms with Crippen molar-refractivity contribution < 1.29 is 34.3 Å². The molecule has 5 atom stereocenters. The third-order valence-electron chi connectivity index (χ3n) is 7.09. The van der Waals surface area contributed by atoms with Gasteiger partial charge in [-0.1, -0.05) is 58.4 Å². The number of ether oxygens (including phenoxy) is 3. The molecule has 1 fully saturated rings. The van der Waals surface area contributed by atoms with Crippen molar-refractivity contribution in [2.75, 3.05) is 14.2 Å². The Morgan fingerprint density at radius 3 is 2.40 bits per heavy atom. The highest BCUT2D eigenvalue weighted by atomic mass is 79.9. The SMILES string of the molecule is COc1cc2c(c(OC)n1)[C@]1(O)[C@H](O)[C@H](CC(=O)O)[C@@H](c3ccccc3)[C@]1(c1ccc(Br)cc1)O2. The number of hydrogen-bond donors (Lipinski definition) is 3. The summed E-state index contributed by atoms with van der Waals surface area (Å²) in [5, 5.41) is 34.1. The van der Waals surface area contributed by atoms with Gasteiger partial charge in [-0.25, -0.2) is 0 Å². The van der Waals surface area contributed by atoms with Gasteiger partial charge in [-0.3, -0.25) is 4.79 Å². The third kappa shape index (κ3) is 3.26. The van der Waals surface area contributed by atoms with Crippen LogP contribution in [0.1, 0.15) is 29.0 Å². The molecule has 0 amide bonds. The van der Waals surface area contributed by atoms with Gasteiger partial charge in [-0.05, 0) is 23.3 Å². The van der Waals surface area contributed by atoms with Gasteiger partial charge >= 0.3 is 5.97 Å². The van der Waals surface area contributed by atoms with Crippen LogP contribution in [-0.2, 0) is 16.0 Å². The minimum atomic E-state index is -2.08. The molecular formula is C26H24BrNO7. The molecule has 8 nitrogen and oxygen atoms in total. The van der Waals surface area contributed by atoms with Gasteiger partial charge < -0.3 is 29.5 Å². The van der Waals surface area contributed by atoms with E-state index in [4.69, 9.17) is 14.2 Å². The van der Waals surface area contributed by atoms with Gasteiger partial charge in [0.05, 0.1) is 32.3 Å². The number of aromatic nitrogens is 1. The number of aliphatic carboxylic acids is 1. The van der Waals surface area contributed by atoms with Crippen LogP contribution >= 0.6 is 15.9 Å². The predicted molar refractivity (Wildman–Crippen MR) is 129 cm³/mol. The average molecular weight is 542 g/mol. The molecule has 0 saturated heterocycles. The van der Waals surface area contributed by atoms with E-state index in [1.165, 1.54) is 20.3 Å². The molecule has 3 aromatic rings. The van der Waals surface area contributed by atoms with Gasteiger partial charge in [0.2, 0.25) is 11.8 Å². The molecule has 35 heavy (non-hydrogen) atoms. The topological polar surface area (TPSA) is 118 Å². The quantitative estimate of drug-likeness (QED) is 0.433. The first kappa shape index (κ1) is 23.6. The van der Waals surface area contributed by atoms with Gasteiger partial charge in [0, 0.05) is 22.4 Å². The van der Waals surface area contributed by atoms with Crippen LogP contribution in [0.25, 0.3) is 0 Å². The fourth-order valence-electron chi connectivity index (χ4n) is 5.79. The van der Waals surface area contributed by atoms with Gasteiger partial charge in [-0.2, -0.15) is 4.98 Å². The molecule has 2 aliphatic rings. The van der Waals surface area contributed by atoms with E-state index in [2.05, 4.69) is 20.9 Å². The van der Waals surface area contributed by atoms with E-state index in [0.717, 1.165) is 10.0 Å². The van der Waals surface area contributed by atoms with Crippen LogP contribution < -0.4 is 14.2 Å². The zero-order valence-electron chi connectivity index (χ0n) is 19.0. The maximum Gasteiger partial charge on any atom is 0.303 e. The lowest BCUT2D eigenvalue weighted by Gasteiger charge is -2.40. The standard InChI is InChI=1S/C26H24BrNO7/c1-33-19-13-18-22(24(28-19)34-2)25(32)23(31)17(12-20(29)30)21(14-6-4-3-5-7-14)26(25,35-18)15-8-10-16(27)11-9-15/h3-11,13,17,21,23,31-32H,12H2,1-2H3,(H,29,30)/t17-,21-,23-,25+,26+/m1/s1. The Kier molecular flexibility index (Phi) is 5.74. The second-order valence-corrected chi connectivity index (χ2v) is 9.67. The van der Waals surface area contributed by atoms with Crippen LogP contribution in [0, 0.1) is 5.92 Å². The summed E-state index contributed by atoms with van der Waals surface area (Å²) in [5.41, 5.74) is -2.21. The lowest BCUT2D eigenvalue weighted by atomic mass is 9.70. The fourth-order valence-corrected chi connectivity index (χ4v) is 6.05. The number of aliphatic hydroxyl groups is 2. The second-order valence-electron chi connectivity index (χ2n) is 8.75. The van der Waals surface area contributed by atoms with Crippen molar-refractivity contribution in [2.45, 2.75) is 29.6 Å². The molecule has 0 spiro atoms.